The number of hydrogen-bond donors (Lipinski definition) is 2. The van der Waals surface area contributed by atoms with E-state index in [0.717, 1.165) is 112 Å². The van der Waals surface area contributed by atoms with Crippen LogP contribution in [0.25, 0.3) is 32.9 Å². The number of piperazine rings is 1. The Balaban J connectivity index is 0.00000525. The highest BCUT2D eigenvalue weighted by Crippen LogP contribution is 2.39. The Kier molecular flexibility index (Phi) is 12.3. The lowest BCUT2D eigenvalue weighted by atomic mass is 9.91. The molecule has 0 spiro atoms. The average molecular weight is 926 g/mol. The summed E-state index contributed by atoms with van der Waals surface area (Å²) in [6, 6.07) is 16.7. The van der Waals surface area contributed by atoms with Gasteiger partial charge in [0.1, 0.15) is 23.1 Å². The van der Waals surface area contributed by atoms with Crippen molar-refractivity contribution in [2.24, 2.45) is 11.8 Å². The number of ether oxygens (including phenoxy) is 1. The van der Waals surface area contributed by atoms with Crippen molar-refractivity contribution in [1.29, 1.82) is 0 Å². The number of piperidine rings is 3. The number of pyridine rings is 1. The van der Waals surface area contributed by atoms with Crippen molar-refractivity contribution in [2.75, 3.05) is 62.2 Å². The second-order valence-corrected chi connectivity index (χ2v) is 18.9. The number of amides is 4. The van der Waals surface area contributed by atoms with Crippen LogP contribution < -0.4 is 25.2 Å². The summed E-state index contributed by atoms with van der Waals surface area (Å²) in [6.45, 7) is 6.51. The van der Waals surface area contributed by atoms with E-state index in [9.17, 15) is 19.2 Å². The number of halogens is 2. The van der Waals surface area contributed by atoms with Crippen molar-refractivity contribution >= 4 is 69.2 Å². The summed E-state index contributed by atoms with van der Waals surface area (Å²) < 4.78 is 23.3. The van der Waals surface area contributed by atoms with Gasteiger partial charge in [0.2, 0.25) is 11.8 Å². The van der Waals surface area contributed by atoms with E-state index in [-0.39, 0.29) is 42.5 Å². The monoisotopic (exact) mass is 925 g/mol. The molecule has 3 aromatic carbocycles. The number of terminal acetylenes is 1. The maximum absolute atomic E-state index is 17.0. The lowest BCUT2D eigenvalue weighted by Gasteiger charge is -2.38. The molecule has 346 valence electrons. The van der Waals surface area contributed by atoms with Crippen LogP contribution >= 0.6 is 12.4 Å². The third kappa shape index (κ3) is 8.33. The molecule has 6 aliphatic rings. The molecule has 11 rings (SSSR count). The van der Waals surface area contributed by atoms with Gasteiger partial charge in [0, 0.05) is 73.9 Å². The van der Waals surface area contributed by atoms with Crippen molar-refractivity contribution in [2.45, 2.75) is 75.9 Å². The molecule has 2 N–H and O–H groups in total. The number of nitrogens with one attached hydrogen (secondary N) is 2. The van der Waals surface area contributed by atoms with Crippen LogP contribution in [0, 0.1) is 30.0 Å². The van der Waals surface area contributed by atoms with Gasteiger partial charge in [-0.1, -0.05) is 42.3 Å². The first-order chi connectivity index (χ1) is 32.2. The van der Waals surface area contributed by atoms with Gasteiger partial charge in [-0.2, -0.15) is 9.97 Å². The van der Waals surface area contributed by atoms with Gasteiger partial charge >= 0.3 is 6.01 Å². The van der Waals surface area contributed by atoms with Crippen molar-refractivity contribution in [3.05, 3.63) is 83.3 Å². The molecule has 0 saturated carbocycles. The van der Waals surface area contributed by atoms with Crippen LogP contribution in [0.1, 0.15) is 84.1 Å². The number of hydrogen-bond acceptors (Lipinski definition) is 12. The Morgan fingerprint density at radius 3 is 2.27 bits per heavy atom. The minimum atomic E-state index is -0.987. The molecule has 2 aromatic heterocycles. The number of rotatable bonds is 10. The fourth-order valence-electron chi connectivity index (χ4n) is 11.4. The quantitative estimate of drug-likeness (QED) is 0.123. The molecular weight excluding hydrogens is 873 g/mol. The van der Waals surface area contributed by atoms with Crippen LogP contribution in [0.5, 0.6) is 6.01 Å². The summed E-state index contributed by atoms with van der Waals surface area (Å²) in [5.41, 5.74) is 3.07. The Bertz CT molecular complexity index is 2820. The third-order valence-electron chi connectivity index (χ3n) is 14.9. The van der Waals surface area contributed by atoms with Crippen molar-refractivity contribution in [1.82, 2.24) is 35.4 Å². The Hall–Kier alpha value is -6.21. The highest BCUT2D eigenvalue weighted by molar-refractivity contribution is 6.25. The van der Waals surface area contributed by atoms with Crippen LogP contribution in [0.2, 0.25) is 0 Å². The molecule has 16 heteroatoms. The van der Waals surface area contributed by atoms with Gasteiger partial charge in [0.25, 0.3) is 11.8 Å². The van der Waals surface area contributed by atoms with Gasteiger partial charge in [-0.15, -0.1) is 18.8 Å². The lowest BCUT2D eigenvalue weighted by Crippen LogP contribution is -2.54. The molecule has 14 nitrogen and oxygen atoms in total. The van der Waals surface area contributed by atoms with Crippen molar-refractivity contribution in [3.63, 3.8) is 0 Å². The number of likely N-dealkylation sites (tertiary alicyclic amines) is 1. The van der Waals surface area contributed by atoms with Gasteiger partial charge in [-0.3, -0.25) is 34.4 Å². The zero-order valence-electron chi connectivity index (χ0n) is 37.2. The van der Waals surface area contributed by atoms with Crippen molar-refractivity contribution < 1.29 is 28.3 Å². The highest BCUT2D eigenvalue weighted by Gasteiger charge is 2.46. The van der Waals surface area contributed by atoms with Crippen LogP contribution in [0.15, 0.2) is 60.8 Å². The standard InChI is InChI=1S/C51H52FN9O5.ClH/c1-2-32-6-3-7-33-8-4-9-36(42(32)33)45-44(52)46-38(26-53-45)47(60-28-34-12-13-35(29-60)54-34)57-51(56-46)66-25-20-30-16-21-58(22-17-30)27-31-18-23-59(24-19-31)39-11-5-10-37-43(39)50(65)61(49(37)64)40-14-15-41(62)55-48(40)63;/h1,3-11,26,30-31,34-35,40,54H,12-25,27-29H2,(H,55,62,63);1H. The van der Waals surface area contributed by atoms with E-state index in [1.807, 2.05) is 42.5 Å². The third-order valence-corrected chi connectivity index (χ3v) is 14.9. The first-order valence-electron chi connectivity index (χ1n) is 23.5. The Morgan fingerprint density at radius 1 is 0.806 bits per heavy atom. The second kappa shape index (κ2) is 18.5. The van der Waals surface area contributed by atoms with E-state index in [0.29, 0.717) is 64.0 Å². The Morgan fingerprint density at radius 2 is 1.52 bits per heavy atom. The number of benzene rings is 3. The summed E-state index contributed by atoms with van der Waals surface area (Å²) in [4.78, 5) is 73.9. The normalized spacial score (nSPS) is 22.6. The second-order valence-electron chi connectivity index (χ2n) is 18.9. The van der Waals surface area contributed by atoms with E-state index in [1.54, 1.807) is 18.3 Å². The van der Waals surface area contributed by atoms with Crippen molar-refractivity contribution in [3.8, 4) is 29.6 Å². The number of fused-ring (bicyclic) bond motifs is 5. The van der Waals surface area contributed by atoms with Crippen LogP contribution in [-0.4, -0.2) is 119 Å². The number of anilines is 2. The number of carbonyl (C=O) groups excluding carboxylic acids is 4. The molecular formula is C51H53ClFN9O5. The molecule has 4 amide bonds. The van der Waals surface area contributed by atoms with E-state index in [2.05, 4.69) is 31.3 Å². The van der Waals surface area contributed by atoms with E-state index >= 15 is 4.39 Å². The van der Waals surface area contributed by atoms with Crippen LogP contribution in [-0.2, 0) is 9.59 Å². The molecule has 0 aliphatic carbocycles. The minimum absolute atomic E-state index is 0. The van der Waals surface area contributed by atoms with Gasteiger partial charge in [0.15, 0.2) is 5.82 Å². The van der Waals surface area contributed by atoms with E-state index < -0.39 is 35.5 Å². The maximum Gasteiger partial charge on any atom is 0.319 e. The molecule has 67 heavy (non-hydrogen) atoms. The van der Waals surface area contributed by atoms with Gasteiger partial charge in [-0.25, -0.2) is 4.39 Å². The van der Waals surface area contributed by atoms with Gasteiger partial charge in [0.05, 0.1) is 28.8 Å². The summed E-state index contributed by atoms with van der Waals surface area (Å²) >= 11 is 0. The summed E-state index contributed by atoms with van der Waals surface area (Å²) in [5, 5.41) is 8.21. The summed E-state index contributed by atoms with van der Waals surface area (Å²) in [6.07, 6.45) is 14.9. The first kappa shape index (κ1) is 44.6. The van der Waals surface area contributed by atoms with Gasteiger partial charge in [-0.05, 0) is 99.9 Å². The predicted molar refractivity (Wildman–Crippen MR) is 255 cm³/mol. The zero-order valence-corrected chi connectivity index (χ0v) is 38.0. The van der Waals surface area contributed by atoms with Gasteiger partial charge < -0.3 is 24.8 Å². The minimum Gasteiger partial charge on any atom is -0.463 e. The fraction of sp³-hybridized carbons (Fsp3) is 0.431. The molecule has 5 saturated heterocycles. The lowest BCUT2D eigenvalue weighted by molar-refractivity contribution is -0.136. The zero-order chi connectivity index (χ0) is 45.1. The molecule has 8 heterocycles. The highest BCUT2D eigenvalue weighted by atomic mass is 35.5. The number of carbonyl (C=O) groups is 4. The fourth-order valence-corrected chi connectivity index (χ4v) is 11.4. The number of aromatic nitrogens is 3. The smallest absolute Gasteiger partial charge is 0.319 e. The number of nitrogens with zero attached hydrogens (tertiary/aromatic N) is 7. The molecule has 3 atom stereocenters. The molecule has 5 aromatic rings. The van der Waals surface area contributed by atoms with Crippen LogP contribution in [0.4, 0.5) is 15.9 Å². The van der Waals surface area contributed by atoms with E-state index in [1.165, 1.54) is 0 Å². The molecule has 6 aliphatic heterocycles. The van der Waals surface area contributed by atoms with Crippen LogP contribution in [0.3, 0.4) is 0 Å². The molecule has 2 bridgehead atoms. The topological polar surface area (TPSA) is 153 Å². The van der Waals surface area contributed by atoms with E-state index in [4.69, 9.17) is 26.1 Å². The SMILES string of the molecule is C#Cc1cccc2cccc(-c3ncc4c(N5CC6CCC(C5)N6)nc(OCCC5CCN(CC6CCN(c7cccc8c7C(=O)N(C7CCC(=O)NC7=O)C8=O)CC6)CC5)nc4c3F)c12.Cl. The summed E-state index contributed by atoms with van der Waals surface area (Å²) in [5.74, 6) is 1.94. The molecule has 0 radical (unpaired) electrons. The largest absolute Gasteiger partial charge is 0.463 e. The maximum atomic E-state index is 17.0. The first-order valence-corrected chi connectivity index (χ1v) is 23.5. The summed E-state index contributed by atoms with van der Waals surface area (Å²) in [7, 11) is 0. The Labute approximate surface area is 394 Å². The molecule has 3 unspecified atom stereocenters. The average Bonchev–Trinajstić information content (AvgIpc) is 3.81. The number of imide groups is 2. The molecule has 5 fully saturated rings. The predicted octanol–water partition coefficient (Wildman–Crippen LogP) is 6.13.